The molecular formula is C16H12ClFO3. The second-order valence-electron chi connectivity index (χ2n) is 4.67. The van der Waals surface area contributed by atoms with Crippen molar-refractivity contribution in [2.24, 2.45) is 0 Å². The van der Waals surface area contributed by atoms with E-state index in [0.717, 1.165) is 6.42 Å². The smallest absolute Gasteiger partial charge is 0.193 e. The number of ether oxygens (including phenoxy) is 2. The Hall–Kier alpha value is -2.07. The SMILES string of the molecule is O=C(c1ccc(F)c(Cl)c1)c1ccc2c(c1)OCCCO2. The number of fused-ring (bicyclic) bond motifs is 1. The summed E-state index contributed by atoms with van der Waals surface area (Å²) in [6, 6.07) is 8.92. The molecule has 3 rings (SSSR count). The van der Waals surface area contributed by atoms with Crippen LogP contribution in [-0.4, -0.2) is 19.0 Å². The molecule has 0 atom stereocenters. The summed E-state index contributed by atoms with van der Waals surface area (Å²) in [4.78, 5) is 12.4. The van der Waals surface area contributed by atoms with Crippen molar-refractivity contribution in [2.45, 2.75) is 6.42 Å². The molecule has 2 aromatic rings. The van der Waals surface area contributed by atoms with Gasteiger partial charge in [0.1, 0.15) is 5.82 Å². The van der Waals surface area contributed by atoms with Crippen molar-refractivity contribution in [3.63, 3.8) is 0 Å². The lowest BCUT2D eigenvalue weighted by Gasteiger charge is -2.09. The maximum atomic E-state index is 13.2. The van der Waals surface area contributed by atoms with Crippen LogP contribution in [0.15, 0.2) is 36.4 Å². The minimum atomic E-state index is -0.549. The Morgan fingerprint density at radius 3 is 2.43 bits per heavy atom. The quantitative estimate of drug-likeness (QED) is 0.790. The molecule has 1 heterocycles. The maximum Gasteiger partial charge on any atom is 0.193 e. The van der Waals surface area contributed by atoms with E-state index in [9.17, 15) is 9.18 Å². The lowest BCUT2D eigenvalue weighted by Crippen LogP contribution is -2.03. The van der Waals surface area contributed by atoms with E-state index in [1.54, 1.807) is 18.2 Å². The van der Waals surface area contributed by atoms with Crippen molar-refractivity contribution < 1.29 is 18.7 Å². The van der Waals surface area contributed by atoms with Crippen molar-refractivity contribution in [2.75, 3.05) is 13.2 Å². The third-order valence-electron chi connectivity index (χ3n) is 3.19. The van der Waals surface area contributed by atoms with E-state index in [0.29, 0.717) is 35.8 Å². The van der Waals surface area contributed by atoms with Crippen molar-refractivity contribution in [3.8, 4) is 11.5 Å². The molecule has 2 aromatic carbocycles. The van der Waals surface area contributed by atoms with E-state index in [1.165, 1.54) is 18.2 Å². The lowest BCUT2D eigenvalue weighted by atomic mass is 10.0. The Kier molecular flexibility index (Phi) is 3.80. The Bertz CT molecular complexity index is 700. The average molecular weight is 307 g/mol. The average Bonchev–Trinajstić information content (AvgIpc) is 2.73. The van der Waals surface area contributed by atoms with Gasteiger partial charge in [0.15, 0.2) is 17.3 Å². The van der Waals surface area contributed by atoms with Crippen LogP contribution in [0, 0.1) is 5.82 Å². The van der Waals surface area contributed by atoms with Crippen molar-refractivity contribution in [1.29, 1.82) is 0 Å². The molecule has 0 bridgehead atoms. The summed E-state index contributed by atoms with van der Waals surface area (Å²) in [6.07, 6.45) is 0.797. The first kappa shape index (κ1) is 13.9. The molecule has 5 heteroatoms. The minimum absolute atomic E-state index is 0.0739. The Morgan fingerprint density at radius 1 is 1.00 bits per heavy atom. The predicted octanol–water partition coefficient (Wildman–Crippen LogP) is 3.87. The minimum Gasteiger partial charge on any atom is -0.490 e. The molecule has 0 aromatic heterocycles. The molecule has 0 amide bonds. The monoisotopic (exact) mass is 306 g/mol. The lowest BCUT2D eigenvalue weighted by molar-refractivity contribution is 0.103. The fourth-order valence-electron chi connectivity index (χ4n) is 2.11. The molecule has 0 N–H and O–H groups in total. The zero-order valence-electron chi connectivity index (χ0n) is 11.1. The number of carbonyl (C=O) groups is 1. The third kappa shape index (κ3) is 2.85. The first-order valence-corrected chi connectivity index (χ1v) is 6.92. The van der Waals surface area contributed by atoms with Gasteiger partial charge < -0.3 is 9.47 Å². The third-order valence-corrected chi connectivity index (χ3v) is 3.48. The molecule has 0 aliphatic carbocycles. The van der Waals surface area contributed by atoms with E-state index >= 15 is 0 Å². The van der Waals surface area contributed by atoms with Crippen molar-refractivity contribution in [3.05, 3.63) is 58.4 Å². The number of halogens is 2. The topological polar surface area (TPSA) is 35.5 Å². The van der Waals surface area contributed by atoms with Gasteiger partial charge in [-0.05, 0) is 36.4 Å². The standard InChI is InChI=1S/C16H12ClFO3/c17-12-8-10(2-4-13(12)18)16(19)11-3-5-14-15(9-11)21-7-1-6-20-14/h2-5,8-9H,1,6-7H2. The summed E-state index contributed by atoms with van der Waals surface area (Å²) in [6.45, 7) is 1.14. The molecule has 1 aliphatic heterocycles. The van der Waals surface area contributed by atoms with Gasteiger partial charge >= 0.3 is 0 Å². The van der Waals surface area contributed by atoms with Gasteiger partial charge in [0.2, 0.25) is 0 Å². The van der Waals surface area contributed by atoms with Gasteiger partial charge in [-0.1, -0.05) is 11.6 Å². The molecule has 0 fully saturated rings. The zero-order valence-corrected chi connectivity index (χ0v) is 11.8. The normalized spacial score (nSPS) is 13.6. The van der Waals surface area contributed by atoms with Crippen LogP contribution in [0.3, 0.4) is 0 Å². The van der Waals surface area contributed by atoms with Crippen molar-refractivity contribution in [1.82, 2.24) is 0 Å². The fraction of sp³-hybridized carbons (Fsp3) is 0.188. The summed E-state index contributed by atoms with van der Waals surface area (Å²) in [5.41, 5.74) is 0.776. The highest BCUT2D eigenvalue weighted by Gasteiger charge is 2.16. The summed E-state index contributed by atoms with van der Waals surface area (Å²) < 4.78 is 24.2. The number of rotatable bonds is 2. The highest BCUT2D eigenvalue weighted by atomic mass is 35.5. The van der Waals surface area contributed by atoms with Crippen molar-refractivity contribution >= 4 is 17.4 Å². The molecule has 0 unspecified atom stereocenters. The van der Waals surface area contributed by atoms with E-state index < -0.39 is 5.82 Å². The Labute approximate surface area is 126 Å². The van der Waals surface area contributed by atoms with Crippen LogP contribution < -0.4 is 9.47 Å². The summed E-state index contributed by atoms with van der Waals surface area (Å²) >= 11 is 5.71. The van der Waals surface area contributed by atoms with Gasteiger partial charge in [0.05, 0.1) is 18.2 Å². The van der Waals surface area contributed by atoms with Crippen LogP contribution in [0.4, 0.5) is 4.39 Å². The number of benzene rings is 2. The highest BCUT2D eigenvalue weighted by molar-refractivity contribution is 6.31. The van der Waals surface area contributed by atoms with Crippen LogP contribution in [0.25, 0.3) is 0 Å². The molecular weight excluding hydrogens is 295 g/mol. The molecule has 0 spiro atoms. The van der Waals surface area contributed by atoms with Gasteiger partial charge in [-0.3, -0.25) is 4.79 Å². The van der Waals surface area contributed by atoms with Crippen LogP contribution in [0.2, 0.25) is 5.02 Å². The number of ketones is 1. The van der Waals surface area contributed by atoms with E-state index in [-0.39, 0.29) is 10.8 Å². The van der Waals surface area contributed by atoms with E-state index in [2.05, 4.69) is 0 Å². The van der Waals surface area contributed by atoms with Crippen LogP contribution in [0.1, 0.15) is 22.3 Å². The fourth-order valence-corrected chi connectivity index (χ4v) is 2.29. The molecule has 0 saturated carbocycles. The second-order valence-corrected chi connectivity index (χ2v) is 5.08. The molecule has 21 heavy (non-hydrogen) atoms. The first-order valence-electron chi connectivity index (χ1n) is 6.54. The number of hydrogen-bond acceptors (Lipinski definition) is 3. The van der Waals surface area contributed by atoms with Gasteiger partial charge in [-0.2, -0.15) is 0 Å². The largest absolute Gasteiger partial charge is 0.490 e. The van der Waals surface area contributed by atoms with Crippen LogP contribution >= 0.6 is 11.6 Å². The predicted molar refractivity (Wildman–Crippen MR) is 76.9 cm³/mol. The van der Waals surface area contributed by atoms with E-state index in [1.807, 2.05) is 0 Å². The zero-order chi connectivity index (χ0) is 14.8. The molecule has 0 radical (unpaired) electrons. The summed E-state index contributed by atoms with van der Waals surface area (Å²) in [7, 11) is 0. The van der Waals surface area contributed by atoms with Gasteiger partial charge in [-0.15, -0.1) is 0 Å². The van der Waals surface area contributed by atoms with Gasteiger partial charge in [-0.25, -0.2) is 4.39 Å². The van der Waals surface area contributed by atoms with Gasteiger partial charge in [0, 0.05) is 17.5 Å². The van der Waals surface area contributed by atoms with E-state index in [4.69, 9.17) is 21.1 Å². The molecule has 1 aliphatic rings. The molecule has 3 nitrogen and oxygen atoms in total. The molecule has 0 saturated heterocycles. The van der Waals surface area contributed by atoms with Crippen LogP contribution in [-0.2, 0) is 0 Å². The first-order chi connectivity index (χ1) is 10.1. The summed E-state index contributed by atoms with van der Waals surface area (Å²) in [5, 5.41) is -0.0739. The second kappa shape index (κ2) is 5.74. The molecule has 108 valence electrons. The highest BCUT2D eigenvalue weighted by Crippen LogP contribution is 2.31. The summed E-state index contributed by atoms with van der Waals surface area (Å²) in [5.74, 6) is 0.382. The number of hydrogen-bond donors (Lipinski definition) is 0. The maximum absolute atomic E-state index is 13.2. The van der Waals surface area contributed by atoms with Gasteiger partial charge in [0.25, 0.3) is 0 Å². The Morgan fingerprint density at radius 2 is 1.67 bits per heavy atom. The van der Waals surface area contributed by atoms with Crippen LogP contribution in [0.5, 0.6) is 11.5 Å². The number of carbonyl (C=O) groups excluding carboxylic acids is 1. The Balaban J connectivity index is 1.94.